The Balaban J connectivity index is 1.99. The lowest BCUT2D eigenvalue weighted by Gasteiger charge is -2.33. The molecule has 6 heteroatoms. The molecular formula is C24H26N2O4. The molecule has 1 aliphatic heterocycles. The van der Waals surface area contributed by atoms with Crippen molar-refractivity contribution < 1.29 is 19.1 Å². The Morgan fingerprint density at radius 2 is 1.77 bits per heavy atom. The van der Waals surface area contributed by atoms with Crippen molar-refractivity contribution in [2.45, 2.75) is 34.1 Å². The molecule has 0 radical (unpaired) electrons. The molecule has 1 unspecified atom stereocenters. The molecule has 1 atom stereocenters. The third-order valence-electron chi connectivity index (χ3n) is 5.30. The van der Waals surface area contributed by atoms with Gasteiger partial charge < -0.3 is 10.1 Å². The van der Waals surface area contributed by atoms with Crippen LogP contribution < -0.4 is 10.2 Å². The lowest BCUT2D eigenvalue weighted by atomic mass is 9.88. The largest absolute Gasteiger partial charge is 0.463 e. The second-order valence-electron chi connectivity index (χ2n) is 7.33. The summed E-state index contributed by atoms with van der Waals surface area (Å²) in [6.07, 6.45) is -0.114. The average molecular weight is 406 g/mol. The van der Waals surface area contributed by atoms with Crippen molar-refractivity contribution in [1.82, 2.24) is 0 Å². The minimum absolute atomic E-state index is 0.114. The van der Waals surface area contributed by atoms with E-state index in [0.29, 0.717) is 17.1 Å². The smallest absolute Gasteiger partial charge is 0.336 e. The van der Waals surface area contributed by atoms with Gasteiger partial charge in [-0.25, -0.2) is 4.79 Å². The number of nitrogens with one attached hydrogen (secondary N) is 1. The van der Waals surface area contributed by atoms with E-state index in [0.717, 1.165) is 11.1 Å². The highest BCUT2D eigenvalue weighted by molar-refractivity contribution is 6.10. The van der Waals surface area contributed by atoms with Gasteiger partial charge in [0.25, 0.3) is 0 Å². The fourth-order valence-corrected chi connectivity index (χ4v) is 3.61. The van der Waals surface area contributed by atoms with E-state index in [1.807, 2.05) is 50.2 Å². The number of esters is 1. The van der Waals surface area contributed by atoms with Gasteiger partial charge in [0.2, 0.25) is 11.8 Å². The molecule has 0 saturated carbocycles. The maximum atomic E-state index is 13.1. The molecule has 0 fully saturated rings. The first-order valence-corrected chi connectivity index (χ1v) is 9.97. The average Bonchev–Trinajstić information content (AvgIpc) is 2.71. The lowest BCUT2D eigenvalue weighted by Crippen LogP contribution is -2.43. The summed E-state index contributed by atoms with van der Waals surface area (Å²) in [6.45, 7) is 7.51. The Morgan fingerprint density at radius 1 is 1.07 bits per heavy atom. The predicted molar refractivity (Wildman–Crippen MR) is 116 cm³/mol. The number of rotatable bonds is 5. The van der Waals surface area contributed by atoms with Crippen molar-refractivity contribution in [3.05, 3.63) is 70.9 Å². The van der Waals surface area contributed by atoms with E-state index in [9.17, 15) is 14.4 Å². The van der Waals surface area contributed by atoms with Gasteiger partial charge in [0.1, 0.15) is 0 Å². The molecule has 2 aromatic rings. The van der Waals surface area contributed by atoms with E-state index >= 15 is 0 Å². The number of nitrogens with zero attached hydrogens (tertiary/aromatic N) is 1. The third-order valence-corrected chi connectivity index (χ3v) is 5.30. The van der Waals surface area contributed by atoms with Crippen LogP contribution in [0.2, 0.25) is 0 Å². The van der Waals surface area contributed by atoms with Gasteiger partial charge in [-0.3, -0.25) is 14.5 Å². The van der Waals surface area contributed by atoms with Crippen LogP contribution in [0.15, 0.2) is 59.8 Å². The third kappa shape index (κ3) is 4.27. The van der Waals surface area contributed by atoms with Crippen LogP contribution in [-0.4, -0.2) is 24.4 Å². The fraction of sp³-hybridized carbons (Fsp3) is 0.292. The van der Waals surface area contributed by atoms with Crippen LogP contribution in [0.1, 0.15) is 31.4 Å². The molecule has 0 saturated heterocycles. The van der Waals surface area contributed by atoms with Crippen LogP contribution >= 0.6 is 0 Å². The molecule has 30 heavy (non-hydrogen) atoms. The number of hydrogen-bond acceptors (Lipinski definition) is 4. The Morgan fingerprint density at radius 3 is 2.40 bits per heavy atom. The highest BCUT2D eigenvalue weighted by atomic mass is 16.5. The number of anilines is 2. The van der Waals surface area contributed by atoms with Gasteiger partial charge in [0.05, 0.1) is 18.1 Å². The minimum Gasteiger partial charge on any atom is -0.463 e. The predicted octanol–water partition coefficient (Wildman–Crippen LogP) is 4.13. The summed E-state index contributed by atoms with van der Waals surface area (Å²) < 4.78 is 5.22. The first-order valence-electron chi connectivity index (χ1n) is 9.97. The summed E-state index contributed by atoms with van der Waals surface area (Å²) >= 11 is 0. The summed E-state index contributed by atoms with van der Waals surface area (Å²) in [5.41, 5.74) is 4.05. The number of amides is 2. The van der Waals surface area contributed by atoms with E-state index in [-0.39, 0.29) is 24.5 Å². The van der Waals surface area contributed by atoms with Gasteiger partial charge in [0, 0.05) is 23.5 Å². The number of aryl methyl sites for hydroxylation is 2. The summed E-state index contributed by atoms with van der Waals surface area (Å²) in [5, 5.41) is 2.85. The number of benzene rings is 2. The fourth-order valence-electron chi connectivity index (χ4n) is 3.61. The standard InChI is InChI=1S/C24H26N2O4/c1-5-30-24(29)22-17(4)26(19-9-7-6-8-10-19)21(27)14-20(22)23(28)25-18-12-11-15(2)16(3)13-18/h6-13,20H,5,14H2,1-4H3,(H,25,28). The van der Waals surface area contributed by atoms with E-state index in [1.165, 1.54) is 4.90 Å². The van der Waals surface area contributed by atoms with E-state index in [1.54, 1.807) is 26.0 Å². The summed E-state index contributed by atoms with van der Waals surface area (Å²) in [4.78, 5) is 40.3. The Kier molecular flexibility index (Phi) is 6.35. The molecule has 2 amide bonds. The van der Waals surface area contributed by atoms with Crippen molar-refractivity contribution in [1.29, 1.82) is 0 Å². The molecule has 3 rings (SSSR count). The molecule has 2 aromatic carbocycles. The first-order chi connectivity index (χ1) is 14.3. The molecule has 156 valence electrons. The van der Waals surface area contributed by atoms with Crippen LogP contribution in [0.5, 0.6) is 0 Å². The Labute approximate surface area is 176 Å². The van der Waals surface area contributed by atoms with Crippen molar-refractivity contribution in [2.75, 3.05) is 16.8 Å². The van der Waals surface area contributed by atoms with Crippen molar-refractivity contribution in [3.63, 3.8) is 0 Å². The second kappa shape index (κ2) is 8.95. The SMILES string of the molecule is CCOC(=O)C1=C(C)N(c2ccccc2)C(=O)CC1C(=O)Nc1ccc(C)c(C)c1. The molecule has 1 aliphatic rings. The van der Waals surface area contributed by atoms with Crippen LogP contribution in [0.4, 0.5) is 11.4 Å². The molecule has 6 nitrogen and oxygen atoms in total. The number of ether oxygens (including phenoxy) is 1. The van der Waals surface area contributed by atoms with Crippen molar-refractivity contribution in [2.24, 2.45) is 5.92 Å². The molecule has 0 spiro atoms. The Hall–Kier alpha value is -3.41. The van der Waals surface area contributed by atoms with Gasteiger partial charge in [-0.05, 0) is 63.1 Å². The number of para-hydroxylation sites is 1. The molecular weight excluding hydrogens is 380 g/mol. The molecule has 0 aromatic heterocycles. The van der Waals surface area contributed by atoms with Crippen LogP contribution in [0, 0.1) is 19.8 Å². The zero-order valence-electron chi connectivity index (χ0n) is 17.7. The van der Waals surface area contributed by atoms with Crippen molar-refractivity contribution >= 4 is 29.2 Å². The topological polar surface area (TPSA) is 75.7 Å². The van der Waals surface area contributed by atoms with Gasteiger partial charge in [-0.2, -0.15) is 0 Å². The number of carbonyl (C=O) groups is 3. The monoisotopic (exact) mass is 406 g/mol. The summed E-state index contributed by atoms with van der Waals surface area (Å²) in [6, 6.07) is 14.7. The molecule has 1 heterocycles. The Bertz CT molecular complexity index is 1010. The molecule has 0 aliphatic carbocycles. The first kappa shape index (κ1) is 21.3. The maximum Gasteiger partial charge on any atom is 0.336 e. The second-order valence-corrected chi connectivity index (χ2v) is 7.33. The zero-order chi connectivity index (χ0) is 21.8. The maximum absolute atomic E-state index is 13.1. The zero-order valence-corrected chi connectivity index (χ0v) is 17.7. The molecule has 0 bridgehead atoms. The minimum atomic E-state index is -0.918. The summed E-state index contributed by atoms with van der Waals surface area (Å²) in [7, 11) is 0. The van der Waals surface area contributed by atoms with E-state index in [2.05, 4.69) is 5.32 Å². The summed E-state index contributed by atoms with van der Waals surface area (Å²) in [5.74, 6) is -2.14. The highest BCUT2D eigenvalue weighted by Gasteiger charge is 2.40. The highest BCUT2D eigenvalue weighted by Crippen LogP contribution is 2.34. The van der Waals surface area contributed by atoms with E-state index in [4.69, 9.17) is 4.74 Å². The lowest BCUT2D eigenvalue weighted by molar-refractivity contribution is -0.141. The van der Waals surface area contributed by atoms with Crippen molar-refractivity contribution in [3.8, 4) is 0 Å². The quantitative estimate of drug-likeness (QED) is 0.758. The number of hydrogen-bond donors (Lipinski definition) is 1. The molecule has 1 N–H and O–H groups in total. The van der Waals surface area contributed by atoms with Gasteiger partial charge in [-0.15, -0.1) is 0 Å². The number of allylic oxidation sites excluding steroid dienone is 1. The van der Waals surface area contributed by atoms with Gasteiger partial charge in [0.15, 0.2) is 0 Å². The van der Waals surface area contributed by atoms with E-state index < -0.39 is 17.8 Å². The number of carbonyl (C=O) groups excluding carboxylic acids is 3. The normalized spacial score (nSPS) is 16.5. The van der Waals surface area contributed by atoms with Gasteiger partial charge in [-0.1, -0.05) is 24.3 Å². The van der Waals surface area contributed by atoms with Crippen LogP contribution in [0.25, 0.3) is 0 Å². The van der Waals surface area contributed by atoms with Crippen LogP contribution in [-0.2, 0) is 19.1 Å². The van der Waals surface area contributed by atoms with Gasteiger partial charge >= 0.3 is 5.97 Å². The van der Waals surface area contributed by atoms with Crippen LogP contribution in [0.3, 0.4) is 0 Å².